The molecule has 100 valence electrons. The van der Waals surface area contributed by atoms with Crippen LogP contribution in [-0.2, 0) is 0 Å². The van der Waals surface area contributed by atoms with Crippen molar-refractivity contribution < 1.29 is 14.3 Å². The van der Waals surface area contributed by atoms with Crippen molar-refractivity contribution in [3.63, 3.8) is 0 Å². The summed E-state index contributed by atoms with van der Waals surface area (Å²) in [5, 5.41) is 11.2. The molecule has 2 aromatic rings. The summed E-state index contributed by atoms with van der Waals surface area (Å²) >= 11 is 0. The van der Waals surface area contributed by atoms with E-state index in [1.54, 1.807) is 12.1 Å². The van der Waals surface area contributed by atoms with E-state index in [1.165, 1.54) is 30.6 Å². The molecule has 0 spiro atoms. The fraction of sp³-hybridized carbons (Fsp3) is 0.0667. The summed E-state index contributed by atoms with van der Waals surface area (Å²) in [6.45, 7) is -0.354. The number of amides is 1. The van der Waals surface area contributed by atoms with Crippen molar-refractivity contribution >= 4 is 11.6 Å². The first kappa shape index (κ1) is 13.7. The Labute approximate surface area is 115 Å². The minimum Gasteiger partial charge on any atom is -0.384 e. The number of hydrogen-bond acceptors (Lipinski definition) is 3. The van der Waals surface area contributed by atoms with Crippen LogP contribution >= 0.6 is 0 Å². The van der Waals surface area contributed by atoms with Crippen LogP contribution in [0.5, 0.6) is 0 Å². The van der Waals surface area contributed by atoms with E-state index < -0.39 is 5.82 Å². The summed E-state index contributed by atoms with van der Waals surface area (Å²) in [5.41, 5.74) is 0.995. The van der Waals surface area contributed by atoms with Gasteiger partial charge in [0.1, 0.15) is 12.4 Å². The van der Waals surface area contributed by atoms with E-state index in [2.05, 4.69) is 22.1 Å². The Morgan fingerprint density at radius 1 is 1.30 bits per heavy atom. The van der Waals surface area contributed by atoms with Crippen LogP contribution in [0.25, 0.3) is 0 Å². The summed E-state index contributed by atoms with van der Waals surface area (Å²) in [7, 11) is 0. The summed E-state index contributed by atoms with van der Waals surface area (Å²) in [6.07, 6.45) is 3.02. The van der Waals surface area contributed by atoms with Gasteiger partial charge in [0.2, 0.25) is 0 Å². The van der Waals surface area contributed by atoms with Crippen LogP contribution in [0, 0.1) is 17.7 Å². The third-order valence-corrected chi connectivity index (χ3v) is 2.47. The van der Waals surface area contributed by atoms with E-state index in [4.69, 9.17) is 5.11 Å². The molecule has 0 aliphatic rings. The van der Waals surface area contributed by atoms with Crippen molar-refractivity contribution in [2.75, 3.05) is 11.9 Å². The number of carbonyl (C=O) groups is 1. The molecule has 2 rings (SSSR count). The van der Waals surface area contributed by atoms with Crippen LogP contribution in [-0.4, -0.2) is 22.6 Å². The first-order valence-corrected chi connectivity index (χ1v) is 5.81. The molecular formula is C15H11FN2O2. The quantitative estimate of drug-likeness (QED) is 0.818. The zero-order valence-corrected chi connectivity index (χ0v) is 10.4. The van der Waals surface area contributed by atoms with Crippen molar-refractivity contribution in [3.8, 4) is 11.8 Å². The van der Waals surface area contributed by atoms with Gasteiger partial charge >= 0.3 is 0 Å². The zero-order valence-electron chi connectivity index (χ0n) is 10.4. The number of nitrogens with zero attached hydrogens (tertiary/aromatic N) is 1. The number of aliphatic hydroxyl groups is 1. The van der Waals surface area contributed by atoms with Crippen LogP contribution in [0.1, 0.15) is 15.9 Å². The number of aliphatic hydroxyl groups excluding tert-OH is 1. The Morgan fingerprint density at radius 3 is 2.75 bits per heavy atom. The number of carbonyl (C=O) groups excluding carboxylic acids is 1. The van der Waals surface area contributed by atoms with Gasteiger partial charge in [-0.3, -0.25) is 9.78 Å². The van der Waals surface area contributed by atoms with Gasteiger partial charge in [0.05, 0.1) is 5.56 Å². The maximum Gasteiger partial charge on any atom is 0.255 e. The third kappa shape index (κ3) is 3.40. The molecule has 2 N–H and O–H groups in total. The largest absolute Gasteiger partial charge is 0.384 e. The van der Waals surface area contributed by atoms with Gasteiger partial charge in [-0.05, 0) is 30.3 Å². The van der Waals surface area contributed by atoms with Gasteiger partial charge in [0, 0.05) is 23.6 Å². The molecule has 1 aromatic carbocycles. The van der Waals surface area contributed by atoms with E-state index in [0.29, 0.717) is 11.3 Å². The maximum absolute atomic E-state index is 13.4. The molecule has 0 fully saturated rings. The smallest absolute Gasteiger partial charge is 0.255 e. The second kappa shape index (κ2) is 6.45. The Morgan fingerprint density at radius 2 is 2.05 bits per heavy atom. The topological polar surface area (TPSA) is 62.2 Å². The van der Waals surface area contributed by atoms with Crippen LogP contribution in [0.15, 0.2) is 42.7 Å². The molecule has 1 aromatic heterocycles. The van der Waals surface area contributed by atoms with Gasteiger partial charge in [-0.1, -0.05) is 11.8 Å². The Bertz CT molecular complexity index is 675. The third-order valence-electron chi connectivity index (χ3n) is 2.47. The van der Waals surface area contributed by atoms with Crippen LogP contribution < -0.4 is 5.32 Å². The molecule has 0 aliphatic heterocycles. The molecule has 5 heteroatoms. The van der Waals surface area contributed by atoms with E-state index >= 15 is 0 Å². The minimum absolute atomic E-state index is 0.117. The molecule has 20 heavy (non-hydrogen) atoms. The number of aromatic nitrogens is 1. The number of benzene rings is 1. The van der Waals surface area contributed by atoms with Crippen molar-refractivity contribution in [1.29, 1.82) is 0 Å². The highest BCUT2D eigenvalue weighted by Gasteiger charge is 2.07. The van der Waals surface area contributed by atoms with E-state index in [1.807, 2.05) is 0 Å². The lowest BCUT2D eigenvalue weighted by Gasteiger charge is -2.06. The summed E-state index contributed by atoms with van der Waals surface area (Å²) in [4.78, 5) is 15.7. The molecule has 0 atom stereocenters. The fourth-order valence-corrected chi connectivity index (χ4v) is 1.54. The lowest BCUT2D eigenvalue weighted by molar-refractivity contribution is 0.102. The highest BCUT2D eigenvalue weighted by Crippen LogP contribution is 2.15. The minimum atomic E-state index is -0.507. The van der Waals surface area contributed by atoms with Gasteiger partial charge in [0.15, 0.2) is 0 Å². The van der Waals surface area contributed by atoms with Crippen molar-refractivity contribution in [3.05, 3.63) is 59.7 Å². The van der Waals surface area contributed by atoms with Crippen molar-refractivity contribution in [2.24, 2.45) is 0 Å². The molecule has 0 radical (unpaired) electrons. The van der Waals surface area contributed by atoms with E-state index in [-0.39, 0.29) is 18.1 Å². The Hall–Kier alpha value is -2.71. The Kier molecular flexibility index (Phi) is 4.43. The first-order chi connectivity index (χ1) is 9.70. The normalized spacial score (nSPS) is 9.50. The molecule has 0 saturated carbocycles. The van der Waals surface area contributed by atoms with Gasteiger partial charge in [-0.2, -0.15) is 0 Å². The van der Waals surface area contributed by atoms with Crippen molar-refractivity contribution in [2.45, 2.75) is 0 Å². The highest BCUT2D eigenvalue weighted by atomic mass is 19.1. The van der Waals surface area contributed by atoms with Gasteiger partial charge in [-0.15, -0.1) is 0 Å². The van der Waals surface area contributed by atoms with Crippen molar-refractivity contribution in [1.82, 2.24) is 4.98 Å². The summed E-state index contributed by atoms with van der Waals surface area (Å²) < 4.78 is 13.4. The number of rotatable bonds is 2. The van der Waals surface area contributed by atoms with Gasteiger partial charge in [-0.25, -0.2) is 4.39 Å². The number of pyridine rings is 1. The molecule has 1 heterocycles. The first-order valence-electron chi connectivity index (χ1n) is 5.81. The number of halogens is 1. The average molecular weight is 270 g/mol. The van der Waals surface area contributed by atoms with Crippen LogP contribution in [0.4, 0.5) is 10.1 Å². The average Bonchev–Trinajstić information content (AvgIpc) is 2.48. The molecule has 0 saturated heterocycles. The lowest BCUT2D eigenvalue weighted by atomic mass is 10.1. The predicted octanol–water partition coefficient (Wildman–Crippen LogP) is 1.82. The molecule has 0 aliphatic carbocycles. The second-order valence-electron chi connectivity index (χ2n) is 3.84. The lowest BCUT2D eigenvalue weighted by Crippen LogP contribution is -2.12. The zero-order chi connectivity index (χ0) is 14.4. The summed E-state index contributed by atoms with van der Waals surface area (Å²) in [5.74, 6) is 4.02. The van der Waals surface area contributed by atoms with Gasteiger partial charge in [0.25, 0.3) is 5.91 Å². The Balaban J connectivity index is 2.20. The summed E-state index contributed by atoms with van der Waals surface area (Å²) in [6, 6.07) is 7.22. The number of anilines is 1. The van der Waals surface area contributed by atoms with E-state index in [9.17, 15) is 9.18 Å². The molecule has 0 unspecified atom stereocenters. The number of nitrogens with one attached hydrogen (secondary N) is 1. The monoisotopic (exact) mass is 270 g/mol. The van der Waals surface area contributed by atoms with Crippen LogP contribution in [0.2, 0.25) is 0 Å². The highest BCUT2D eigenvalue weighted by molar-refractivity contribution is 6.04. The molecule has 1 amide bonds. The predicted molar refractivity (Wildman–Crippen MR) is 72.6 cm³/mol. The molecular weight excluding hydrogens is 259 g/mol. The van der Waals surface area contributed by atoms with Gasteiger partial charge < -0.3 is 10.4 Å². The molecule has 4 nitrogen and oxygen atoms in total. The maximum atomic E-state index is 13.4. The number of hydrogen-bond donors (Lipinski definition) is 2. The molecule has 0 bridgehead atoms. The second-order valence-corrected chi connectivity index (χ2v) is 3.84. The fourth-order valence-electron chi connectivity index (χ4n) is 1.54. The SMILES string of the molecule is O=C(Nc1ccc(F)c(C#CCO)c1)c1ccncc1. The van der Waals surface area contributed by atoms with Crippen LogP contribution in [0.3, 0.4) is 0 Å². The van der Waals surface area contributed by atoms with E-state index in [0.717, 1.165) is 0 Å². The standard InChI is InChI=1S/C15H11FN2O2/c16-14-4-3-13(10-12(14)2-1-9-19)18-15(20)11-5-7-17-8-6-11/h3-8,10,19H,9H2,(H,18,20).